The third-order valence-electron chi connectivity index (χ3n) is 6.17. The number of nitriles is 1. The number of nitrogens with zero attached hydrogens (tertiary/aromatic N) is 4. The number of amides is 4. The van der Waals surface area contributed by atoms with Gasteiger partial charge in [0.05, 0.1) is 23.5 Å². The Hall–Kier alpha value is -4.83. The van der Waals surface area contributed by atoms with Gasteiger partial charge in [-0.2, -0.15) is 5.26 Å². The Morgan fingerprint density at radius 2 is 1.75 bits per heavy atom. The molecule has 0 bridgehead atoms. The number of halogens is 3. The van der Waals surface area contributed by atoms with Gasteiger partial charge in [0.1, 0.15) is 17.3 Å². The molecule has 2 aromatic carbocycles. The number of hydrogen-bond donors (Lipinski definition) is 4. The summed E-state index contributed by atoms with van der Waals surface area (Å²) in [6.45, 7) is 3.40. The minimum absolute atomic E-state index is 0.0155. The number of urea groups is 2. The Bertz CT molecular complexity index is 1450. The third kappa shape index (κ3) is 5.76. The predicted octanol–water partition coefficient (Wildman–Crippen LogP) is 4.07. The zero-order valence-corrected chi connectivity index (χ0v) is 21.8. The Morgan fingerprint density at radius 3 is 2.42 bits per heavy atom. The van der Waals surface area contributed by atoms with E-state index in [0.717, 1.165) is 23.2 Å². The van der Waals surface area contributed by atoms with Crippen LogP contribution in [0.3, 0.4) is 0 Å². The molecule has 0 spiro atoms. The third-order valence-corrected chi connectivity index (χ3v) is 6.17. The van der Waals surface area contributed by atoms with E-state index >= 15 is 8.78 Å². The van der Waals surface area contributed by atoms with Crippen molar-refractivity contribution >= 4 is 34.9 Å². The zero-order valence-electron chi connectivity index (χ0n) is 21.8. The van der Waals surface area contributed by atoms with Crippen LogP contribution in [0.25, 0.3) is 11.1 Å². The highest BCUT2D eigenvalue weighted by Crippen LogP contribution is 2.45. The number of nitrogens with one attached hydrogen (secondary N) is 4. The molecule has 0 fully saturated rings. The van der Waals surface area contributed by atoms with Crippen molar-refractivity contribution < 1.29 is 22.8 Å². The summed E-state index contributed by atoms with van der Waals surface area (Å²) >= 11 is 0. The molecule has 1 aliphatic heterocycles. The lowest BCUT2D eigenvalue weighted by molar-refractivity contribution is 0.243. The Kier molecular flexibility index (Phi) is 8.70. The van der Waals surface area contributed by atoms with Gasteiger partial charge in [-0.3, -0.25) is 9.80 Å². The first-order valence-electron chi connectivity index (χ1n) is 12.5. The molecule has 3 aromatic rings. The van der Waals surface area contributed by atoms with E-state index in [9.17, 15) is 19.2 Å². The standard InChI is InChI=1S/C27H27F3N8O2/c1-3-37-25-20(11-17(28)15-36-25)19-5-4-16(14-31)10-23(19)38(27(37)40)24-21(29)12-18(13-22(24)30)34-8-6-33-7-9-35-26(39)32-2/h4-5,10-13,15,33-34H,3,6-9H2,1-2H3,(H2,32,35,39). The lowest BCUT2D eigenvalue weighted by Crippen LogP contribution is -2.41. The SMILES string of the molecule is CCN1C(=O)N(c2c(F)cc(NCCNCCNC(=O)NC)cc2F)c2cc(C#N)ccc2-c2cc(F)cnc21. The van der Waals surface area contributed by atoms with Crippen LogP contribution in [0, 0.1) is 28.8 Å². The van der Waals surface area contributed by atoms with Crippen molar-refractivity contribution in [2.75, 3.05) is 54.9 Å². The first-order valence-corrected chi connectivity index (χ1v) is 12.5. The molecule has 1 aromatic heterocycles. The Morgan fingerprint density at radius 1 is 1.02 bits per heavy atom. The lowest BCUT2D eigenvalue weighted by Gasteiger charge is -2.28. The highest BCUT2D eigenvalue weighted by molar-refractivity contribution is 6.14. The van der Waals surface area contributed by atoms with Gasteiger partial charge in [0.15, 0.2) is 11.6 Å². The molecule has 208 valence electrons. The molecule has 1 aliphatic rings. The molecule has 0 saturated carbocycles. The van der Waals surface area contributed by atoms with Crippen molar-refractivity contribution in [3.8, 4) is 17.2 Å². The fourth-order valence-corrected chi connectivity index (χ4v) is 4.33. The molecule has 10 nitrogen and oxygen atoms in total. The van der Waals surface area contributed by atoms with E-state index in [0.29, 0.717) is 26.2 Å². The van der Waals surface area contributed by atoms with Crippen LogP contribution in [-0.2, 0) is 0 Å². The number of rotatable bonds is 9. The molecule has 4 amide bonds. The summed E-state index contributed by atoms with van der Waals surface area (Å²) < 4.78 is 45.4. The van der Waals surface area contributed by atoms with Gasteiger partial charge < -0.3 is 21.3 Å². The molecule has 4 rings (SSSR count). The number of benzene rings is 2. The first-order chi connectivity index (χ1) is 19.3. The molecule has 4 N–H and O–H groups in total. The van der Waals surface area contributed by atoms with Crippen LogP contribution < -0.4 is 31.1 Å². The monoisotopic (exact) mass is 552 g/mol. The summed E-state index contributed by atoms with van der Waals surface area (Å²) in [4.78, 5) is 31.1. The number of carbonyl (C=O) groups is 2. The second-order valence-electron chi connectivity index (χ2n) is 8.70. The first kappa shape index (κ1) is 28.2. The van der Waals surface area contributed by atoms with Gasteiger partial charge in [-0.15, -0.1) is 0 Å². The Labute approximate surface area is 228 Å². The average Bonchev–Trinajstić information content (AvgIpc) is 3.03. The van der Waals surface area contributed by atoms with Gasteiger partial charge in [-0.1, -0.05) is 6.07 Å². The molecule has 0 aliphatic carbocycles. The van der Waals surface area contributed by atoms with Crippen molar-refractivity contribution in [1.82, 2.24) is 20.9 Å². The molecular formula is C27H27F3N8O2. The molecule has 0 unspecified atom stereocenters. The minimum Gasteiger partial charge on any atom is -0.384 e. The number of fused-ring (bicyclic) bond motifs is 3. The van der Waals surface area contributed by atoms with Gasteiger partial charge in [0.25, 0.3) is 0 Å². The van der Waals surface area contributed by atoms with Crippen molar-refractivity contribution in [2.24, 2.45) is 0 Å². The van der Waals surface area contributed by atoms with Crippen LogP contribution in [0.15, 0.2) is 42.6 Å². The summed E-state index contributed by atoms with van der Waals surface area (Å²) in [5.41, 5.74) is 0.192. The van der Waals surface area contributed by atoms with Crippen LogP contribution >= 0.6 is 0 Å². The van der Waals surface area contributed by atoms with Crippen molar-refractivity contribution in [1.29, 1.82) is 5.26 Å². The summed E-state index contributed by atoms with van der Waals surface area (Å²) in [6, 6.07) is 8.48. The molecule has 40 heavy (non-hydrogen) atoms. The molecular weight excluding hydrogens is 525 g/mol. The van der Waals surface area contributed by atoms with E-state index in [1.54, 1.807) is 6.92 Å². The maximum atomic E-state index is 15.6. The predicted molar refractivity (Wildman–Crippen MR) is 145 cm³/mol. The Balaban J connectivity index is 1.64. The van der Waals surface area contributed by atoms with Crippen LogP contribution in [-0.4, -0.2) is 56.8 Å². The molecule has 0 radical (unpaired) electrons. The molecule has 0 atom stereocenters. The summed E-state index contributed by atoms with van der Waals surface area (Å²) in [6.07, 6.45) is 0.961. The van der Waals surface area contributed by atoms with Crippen molar-refractivity contribution in [2.45, 2.75) is 6.92 Å². The van der Waals surface area contributed by atoms with Gasteiger partial charge in [0.2, 0.25) is 0 Å². The fraction of sp³-hybridized carbons (Fsp3) is 0.259. The minimum atomic E-state index is -1.02. The second-order valence-corrected chi connectivity index (χ2v) is 8.70. The normalized spacial score (nSPS) is 12.2. The lowest BCUT2D eigenvalue weighted by atomic mass is 10.0. The number of carbonyl (C=O) groups excluding carboxylic acids is 2. The summed E-state index contributed by atoms with van der Waals surface area (Å²) in [5.74, 6) is -2.57. The maximum absolute atomic E-state index is 15.6. The van der Waals surface area contributed by atoms with Crippen LogP contribution in [0.1, 0.15) is 12.5 Å². The van der Waals surface area contributed by atoms with E-state index in [1.807, 2.05) is 6.07 Å². The highest BCUT2D eigenvalue weighted by atomic mass is 19.1. The number of pyridine rings is 1. The zero-order chi connectivity index (χ0) is 28.8. The average molecular weight is 553 g/mol. The molecule has 0 saturated heterocycles. The smallest absolute Gasteiger partial charge is 0.334 e. The fourth-order valence-electron chi connectivity index (χ4n) is 4.33. The van der Waals surface area contributed by atoms with Crippen molar-refractivity contribution in [3.63, 3.8) is 0 Å². The van der Waals surface area contributed by atoms with Gasteiger partial charge in [-0.25, -0.2) is 27.7 Å². The largest absolute Gasteiger partial charge is 0.384 e. The number of aromatic nitrogens is 1. The van der Waals surface area contributed by atoms with Crippen molar-refractivity contribution in [3.05, 3.63) is 65.6 Å². The molecule has 2 heterocycles. The highest BCUT2D eigenvalue weighted by Gasteiger charge is 2.36. The maximum Gasteiger partial charge on any atom is 0.334 e. The van der Waals surface area contributed by atoms with E-state index in [2.05, 4.69) is 26.3 Å². The van der Waals surface area contributed by atoms with Gasteiger partial charge in [0, 0.05) is 56.6 Å². The number of anilines is 4. The van der Waals surface area contributed by atoms with Crippen LogP contribution in [0.4, 0.5) is 45.6 Å². The van der Waals surface area contributed by atoms with E-state index in [4.69, 9.17) is 0 Å². The van der Waals surface area contributed by atoms with E-state index in [1.165, 1.54) is 36.2 Å². The van der Waals surface area contributed by atoms with E-state index in [-0.39, 0.29) is 46.5 Å². The van der Waals surface area contributed by atoms with Gasteiger partial charge >= 0.3 is 12.1 Å². The second kappa shape index (κ2) is 12.4. The van der Waals surface area contributed by atoms with Crippen LogP contribution in [0.5, 0.6) is 0 Å². The number of hydrogen-bond acceptors (Lipinski definition) is 6. The van der Waals surface area contributed by atoms with Gasteiger partial charge in [-0.05, 0) is 37.3 Å². The van der Waals surface area contributed by atoms with Crippen LogP contribution in [0.2, 0.25) is 0 Å². The van der Waals surface area contributed by atoms with E-state index < -0.39 is 29.2 Å². The molecule has 13 heteroatoms. The quantitative estimate of drug-likeness (QED) is 0.297. The summed E-state index contributed by atoms with van der Waals surface area (Å²) in [7, 11) is 1.51. The summed E-state index contributed by atoms with van der Waals surface area (Å²) in [5, 5.41) is 20.5. The topological polar surface area (TPSA) is 125 Å².